The molecule has 0 atom stereocenters. The highest BCUT2D eigenvalue weighted by atomic mass is 32.1. The van der Waals surface area contributed by atoms with Crippen molar-refractivity contribution in [2.24, 2.45) is 0 Å². The van der Waals surface area contributed by atoms with E-state index in [0.717, 1.165) is 78.8 Å². The monoisotopic (exact) mass is 896 g/mol. The Balaban J connectivity index is 0.000000162. The molecule has 320 valence electrons. The quantitative estimate of drug-likeness (QED) is 0.146. The molecule has 0 fully saturated rings. The molecule has 0 spiro atoms. The normalized spacial score (nSPS) is 11.4. The summed E-state index contributed by atoms with van der Waals surface area (Å²) in [6.45, 7) is 8.26. The summed E-state index contributed by atoms with van der Waals surface area (Å²) in [6.07, 6.45) is 0. The standard InChI is InChI=1S/2C24H18F2N4OS/c1-13-22(15-6-4-3-5-7-15)30(24(28-13)23-14(2)27-12-32-23)11-16-10-19(31)29-21-17(16)8-9-18(25)20(21)26;1-13-23(32-12-27-13)24-29-21(15-6-4-3-5-7-15)14(2)30(24)11-16-10-19(31)28-22-17(16)8-9-18(25)20(22)26/h3-10,12H,11H2,1-2H3,(H,29,31);3-10,12H,11H2,1-2H3,(H,28,31). The Morgan fingerprint density at radius 2 is 1.03 bits per heavy atom. The second-order valence-electron chi connectivity index (χ2n) is 15.1. The molecule has 0 unspecified atom stereocenters. The molecule has 0 aliphatic rings. The van der Waals surface area contributed by atoms with Crippen molar-refractivity contribution >= 4 is 44.5 Å². The molecule has 2 N–H and O–H groups in total. The third-order valence-electron chi connectivity index (χ3n) is 11.0. The van der Waals surface area contributed by atoms with Gasteiger partial charge in [0.15, 0.2) is 34.9 Å². The van der Waals surface area contributed by atoms with Gasteiger partial charge in [0.25, 0.3) is 0 Å². The average Bonchev–Trinajstić information content (AvgIpc) is 4.07. The first-order valence-corrected chi connectivity index (χ1v) is 21.7. The Kier molecular flexibility index (Phi) is 11.2. The lowest BCUT2D eigenvalue weighted by Crippen LogP contribution is -2.12. The van der Waals surface area contributed by atoms with Crippen molar-refractivity contribution in [2.75, 3.05) is 0 Å². The average molecular weight is 897 g/mol. The third kappa shape index (κ3) is 7.75. The number of hydrogen-bond donors (Lipinski definition) is 2. The van der Waals surface area contributed by atoms with Crippen molar-refractivity contribution in [1.82, 2.24) is 39.0 Å². The molecule has 0 aliphatic carbocycles. The van der Waals surface area contributed by atoms with Gasteiger partial charge in [0, 0.05) is 39.7 Å². The minimum Gasteiger partial charge on any atom is -0.323 e. The maximum absolute atomic E-state index is 14.4. The summed E-state index contributed by atoms with van der Waals surface area (Å²) in [7, 11) is 0. The molecule has 10 rings (SSSR count). The van der Waals surface area contributed by atoms with Gasteiger partial charge in [-0.2, -0.15) is 0 Å². The summed E-state index contributed by atoms with van der Waals surface area (Å²) < 4.78 is 60.4. The van der Waals surface area contributed by atoms with Gasteiger partial charge in [-0.05, 0) is 63.1 Å². The second-order valence-corrected chi connectivity index (χ2v) is 16.8. The smallest absolute Gasteiger partial charge is 0.248 e. The van der Waals surface area contributed by atoms with E-state index in [2.05, 4.69) is 19.9 Å². The van der Waals surface area contributed by atoms with E-state index in [9.17, 15) is 27.2 Å². The van der Waals surface area contributed by atoms with Gasteiger partial charge in [-0.25, -0.2) is 37.5 Å². The van der Waals surface area contributed by atoms with Gasteiger partial charge in [0.2, 0.25) is 11.1 Å². The van der Waals surface area contributed by atoms with Crippen LogP contribution in [0.15, 0.2) is 118 Å². The van der Waals surface area contributed by atoms with Crippen LogP contribution in [0, 0.1) is 51.0 Å². The molecule has 10 nitrogen and oxygen atoms in total. The number of fused-ring (bicyclic) bond motifs is 2. The van der Waals surface area contributed by atoms with E-state index < -0.39 is 34.4 Å². The SMILES string of the molecule is Cc1ncsc1-c1nc(-c2ccccc2)c(C)n1Cc1cc(=O)[nH]c2c(F)c(F)ccc12.Cc1ncsc1-c1nc(C)c(-c2ccccc2)n1Cc1cc(=O)[nH]c2c(F)c(F)ccc12. The highest BCUT2D eigenvalue weighted by molar-refractivity contribution is 7.13. The molecule has 0 radical (unpaired) electrons. The number of halogens is 4. The van der Waals surface area contributed by atoms with Crippen LogP contribution in [0.4, 0.5) is 17.6 Å². The summed E-state index contributed by atoms with van der Waals surface area (Å²) in [5.41, 5.74) is 10.5. The highest BCUT2D eigenvalue weighted by Gasteiger charge is 2.24. The summed E-state index contributed by atoms with van der Waals surface area (Å²) in [5.74, 6) is -2.70. The van der Waals surface area contributed by atoms with Crippen LogP contribution >= 0.6 is 22.7 Å². The zero-order valence-electron chi connectivity index (χ0n) is 34.6. The van der Waals surface area contributed by atoms with E-state index in [0.29, 0.717) is 21.9 Å². The van der Waals surface area contributed by atoms with Gasteiger partial charge in [-0.3, -0.25) is 9.59 Å². The molecule has 6 heterocycles. The van der Waals surface area contributed by atoms with Gasteiger partial charge < -0.3 is 19.1 Å². The molecule has 64 heavy (non-hydrogen) atoms. The van der Waals surface area contributed by atoms with Crippen LogP contribution in [-0.2, 0) is 13.1 Å². The molecular weight excluding hydrogens is 861 g/mol. The number of thiazole rings is 2. The molecule has 0 saturated carbocycles. The summed E-state index contributed by atoms with van der Waals surface area (Å²) in [4.78, 5) is 49.7. The lowest BCUT2D eigenvalue weighted by molar-refractivity contribution is 0.515. The minimum absolute atomic E-state index is 0.135. The van der Waals surface area contributed by atoms with Crippen LogP contribution in [-0.4, -0.2) is 39.0 Å². The zero-order chi connectivity index (χ0) is 44.8. The molecule has 0 amide bonds. The lowest BCUT2D eigenvalue weighted by atomic mass is 10.1. The zero-order valence-corrected chi connectivity index (χ0v) is 36.3. The molecule has 0 aliphatic heterocycles. The molecule has 10 aromatic rings. The van der Waals surface area contributed by atoms with Gasteiger partial charge >= 0.3 is 0 Å². The Hall–Kier alpha value is -7.30. The molecule has 0 saturated heterocycles. The molecular formula is C48H36F4N8O2S2. The number of rotatable bonds is 8. The van der Waals surface area contributed by atoms with Crippen LogP contribution < -0.4 is 11.1 Å². The van der Waals surface area contributed by atoms with Crippen molar-refractivity contribution in [3.63, 3.8) is 0 Å². The van der Waals surface area contributed by atoms with E-state index in [1.165, 1.54) is 46.9 Å². The molecule has 16 heteroatoms. The fourth-order valence-corrected chi connectivity index (χ4v) is 9.54. The number of hydrogen-bond acceptors (Lipinski definition) is 8. The van der Waals surface area contributed by atoms with Crippen molar-refractivity contribution in [3.05, 3.63) is 186 Å². The van der Waals surface area contributed by atoms with E-state index in [-0.39, 0.29) is 24.1 Å². The van der Waals surface area contributed by atoms with Crippen LogP contribution in [0.5, 0.6) is 0 Å². The van der Waals surface area contributed by atoms with E-state index in [4.69, 9.17) is 9.97 Å². The van der Waals surface area contributed by atoms with Gasteiger partial charge in [-0.15, -0.1) is 22.7 Å². The summed E-state index contributed by atoms with van der Waals surface area (Å²) in [5, 5.41) is 0.894. The van der Waals surface area contributed by atoms with Crippen molar-refractivity contribution in [2.45, 2.75) is 40.8 Å². The number of aromatic amines is 2. The van der Waals surface area contributed by atoms with E-state index >= 15 is 0 Å². The number of aromatic nitrogens is 8. The van der Waals surface area contributed by atoms with Gasteiger partial charge in [0.1, 0.15) is 0 Å². The maximum Gasteiger partial charge on any atom is 0.248 e. The van der Waals surface area contributed by atoms with Crippen molar-refractivity contribution < 1.29 is 17.6 Å². The molecule has 0 bridgehead atoms. The fraction of sp³-hybridized carbons (Fsp3) is 0.125. The van der Waals surface area contributed by atoms with Crippen LogP contribution in [0.2, 0.25) is 0 Å². The summed E-state index contributed by atoms with van der Waals surface area (Å²) in [6, 6.07) is 27.6. The predicted molar refractivity (Wildman–Crippen MR) is 244 cm³/mol. The van der Waals surface area contributed by atoms with Gasteiger partial charge in [0.05, 0.1) is 73.4 Å². The molecule has 4 aromatic carbocycles. The number of H-pyrrole nitrogens is 2. The van der Waals surface area contributed by atoms with Crippen molar-refractivity contribution in [3.8, 4) is 43.9 Å². The van der Waals surface area contributed by atoms with E-state index in [1.807, 2.05) is 97.5 Å². The largest absolute Gasteiger partial charge is 0.323 e. The number of pyridine rings is 2. The Bertz CT molecular complexity index is 3460. The number of nitrogens with zero attached hydrogens (tertiary/aromatic N) is 6. The fourth-order valence-electron chi connectivity index (χ4n) is 7.94. The van der Waals surface area contributed by atoms with Crippen LogP contribution in [0.1, 0.15) is 33.9 Å². The first-order chi connectivity index (χ1) is 30.9. The molecule has 6 aromatic heterocycles. The van der Waals surface area contributed by atoms with E-state index in [1.54, 1.807) is 11.0 Å². The Morgan fingerprint density at radius 3 is 1.52 bits per heavy atom. The maximum atomic E-state index is 14.4. The topological polar surface area (TPSA) is 127 Å². The Labute approximate surface area is 370 Å². The Morgan fingerprint density at radius 1 is 0.562 bits per heavy atom. The lowest BCUT2D eigenvalue weighted by Gasteiger charge is -2.14. The number of nitrogens with one attached hydrogen (secondary N) is 2. The van der Waals surface area contributed by atoms with Crippen molar-refractivity contribution in [1.29, 1.82) is 0 Å². The highest BCUT2D eigenvalue weighted by Crippen LogP contribution is 2.36. The number of imidazole rings is 2. The summed E-state index contributed by atoms with van der Waals surface area (Å²) >= 11 is 2.97. The first kappa shape index (κ1) is 42.0. The minimum atomic E-state index is -1.06. The second kappa shape index (κ2) is 17.1. The van der Waals surface area contributed by atoms with Crippen LogP contribution in [0.25, 0.3) is 65.7 Å². The predicted octanol–water partition coefficient (Wildman–Crippen LogP) is 10.9. The van der Waals surface area contributed by atoms with Gasteiger partial charge in [-0.1, -0.05) is 60.7 Å². The number of benzene rings is 4. The van der Waals surface area contributed by atoms with Crippen LogP contribution in [0.3, 0.4) is 0 Å². The third-order valence-corrected chi connectivity index (χ3v) is 12.8. The first-order valence-electron chi connectivity index (χ1n) is 19.9. The number of aryl methyl sites for hydroxylation is 3.